The number of carbonyl (C=O) groups excluding carboxylic acids is 1. The molecule has 3 aromatic rings. The van der Waals surface area contributed by atoms with E-state index in [0.717, 1.165) is 82.7 Å². The number of piperidine rings is 1. The summed E-state index contributed by atoms with van der Waals surface area (Å²) < 4.78 is 37.6. The van der Waals surface area contributed by atoms with E-state index in [-0.39, 0.29) is 34.8 Å². The second-order valence-corrected chi connectivity index (χ2v) is 13.2. The maximum atomic E-state index is 14.6. The van der Waals surface area contributed by atoms with E-state index < -0.39 is 11.6 Å². The third-order valence-electron chi connectivity index (χ3n) is 10.7. The van der Waals surface area contributed by atoms with Crippen LogP contribution in [0.25, 0.3) is 0 Å². The van der Waals surface area contributed by atoms with Crippen LogP contribution in [0.2, 0.25) is 0 Å². The van der Waals surface area contributed by atoms with Gasteiger partial charge in [0.25, 0.3) is 0 Å². The Morgan fingerprint density at radius 1 is 1.11 bits per heavy atom. The Bertz CT molecular complexity index is 1520. The van der Waals surface area contributed by atoms with Gasteiger partial charge in [-0.25, -0.2) is 18.6 Å². The molecule has 6 rings (SSSR count). The highest BCUT2D eigenvalue weighted by molar-refractivity contribution is 5.67. The number of hydrogen-bond donors (Lipinski definition) is 1. The number of aromatic nitrogens is 2. The van der Waals surface area contributed by atoms with Crippen LogP contribution in [0.1, 0.15) is 56.0 Å². The number of nitrogens with zero attached hydrogens (tertiary/aromatic N) is 5. The molecule has 0 bridgehead atoms. The Morgan fingerprint density at radius 2 is 1.83 bits per heavy atom. The third-order valence-corrected chi connectivity index (χ3v) is 10.7. The largest absolute Gasteiger partial charge is 0.446 e. The van der Waals surface area contributed by atoms with Gasteiger partial charge >= 0.3 is 6.09 Å². The molecule has 10 heteroatoms. The zero-order valence-corrected chi connectivity index (χ0v) is 26.8. The van der Waals surface area contributed by atoms with E-state index in [1.54, 1.807) is 11.9 Å². The van der Waals surface area contributed by atoms with Crippen LogP contribution in [0.4, 0.5) is 19.3 Å². The predicted molar refractivity (Wildman–Crippen MR) is 172 cm³/mol. The van der Waals surface area contributed by atoms with Crippen LogP contribution in [0.15, 0.2) is 54.9 Å². The van der Waals surface area contributed by atoms with Crippen molar-refractivity contribution in [3.8, 4) is 6.07 Å². The minimum Gasteiger partial charge on any atom is -0.446 e. The topological polar surface area (TPSA) is 86.4 Å². The zero-order chi connectivity index (χ0) is 32.3. The maximum Gasteiger partial charge on any atom is 0.407 e. The van der Waals surface area contributed by atoms with Gasteiger partial charge in [-0.3, -0.25) is 0 Å². The lowest BCUT2D eigenvalue weighted by molar-refractivity contribution is 0.00172. The fourth-order valence-electron chi connectivity index (χ4n) is 8.57. The molecule has 1 aliphatic carbocycles. The lowest BCUT2D eigenvalue weighted by atomic mass is 9.58. The molecule has 1 saturated carbocycles. The van der Waals surface area contributed by atoms with Gasteiger partial charge in [0, 0.05) is 69.3 Å². The summed E-state index contributed by atoms with van der Waals surface area (Å²) in [4.78, 5) is 21.4. The minimum absolute atomic E-state index is 0.00616. The van der Waals surface area contributed by atoms with Crippen molar-refractivity contribution in [1.29, 1.82) is 5.26 Å². The summed E-state index contributed by atoms with van der Waals surface area (Å²) in [5.74, 6) is 0.544. The summed E-state index contributed by atoms with van der Waals surface area (Å²) in [6.07, 6.45) is 9.15. The SMILES string of the molecule is CCc1nccn1CC(c1ccccc1)(C1CCN(CC2CN(c3c(F)cc(C#N)cc3F)C2)CC1)C1CCCC1OC(=O)NC. The lowest BCUT2D eigenvalue weighted by Gasteiger charge is -2.51. The maximum absolute atomic E-state index is 14.6. The van der Waals surface area contributed by atoms with Crippen LogP contribution < -0.4 is 10.2 Å². The summed E-state index contributed by atoms with van der Waals surface area (Å²) >= 11 is 0. The molecule has 46 heavy (non-hydrogen) atoms. The van der Waals surface area contributed by atoms with Crippen LogP contribution in [-0.2, 0) is 23.1 Å². The van der Waals surface area contributed by atoms with Gasteiger partial charge in [0.05, 0.1) is 11.6 Å². The van der Waals surface area contributed by atoms with Crippen molar-refractivity contribution in [3.63, 3.8) is 0 Å². The first-order valence-corrected chi connectivity index (χ1v) is 16.7. The van der Waals surface area contributed by atoms with Gasteiger partial charge in [0.1, 0.15) is 17.6 Å². The summed E-state index contributed by atoms with van der Waals surface area (Å²) in [6.45, 7) is 6.86. The monoisotopic (exact) mass is 630 g/mol. The van der Waals surface area contributed by atoms with Crippen molar-refractivity contribution < 1.29 is 18.3 Å². The van der Waals surface area contributed by atoms with E-state index in [9.17, 15) is 13.6 Å². The number of rotatable bonds is 10. The average Bonchev–Trinajstić information content (AvgIpc) is 3.71. The first-order valence-electron chi connectivity index (χ1n) is 16.7. The van der Waals surface area contributed by atoms with Crippen molar-refractivity contribution in [1.82, 2.24) is 19.8 Å². The number of likely N-dealkylation sites (tertiary alicyclic amines) is 1. The first kappa shape index (κ1) is 32.0. The van der Waals surface area contributed by atoms with E-state index in [0.29, 0.717) is 24.9 Å². The minimum atomic E-state index is -0.678. The smallest absolute Gasteiger partial charge is 0.407 e. The zero-order valence-electron chi connectivity index (χ0n) is 26.8. The van der Waals surface area contributed by atoms with Crippen LogP contribution in [-0.4, -0.2) is 66.4 Å². The van der Waals surface area contributed by atoms with E-state index in [4.69, 9.17) is 10.00 Å². The molecule has 3 fully saturated rings. The molecule has 2 saturated heterocycles. The quantitative estimate of drug-likeness (QED) is 0.300. The molecular formula is C36H44F2N6O2. The number of nitriles is 1. The Kier molecular flexibility index (Phi) is 9.60. The van der Waals surface area contributed by atoms with Crippen LogP contribution in [0, 0.1) is 40.7 Å². The normalized spacial score (nSPS) is 22.2. The molecule has 0 spiro atoms. The second kappa shape index (κ2) is 13.8. The van der Waals surface area contributed by atoms with Gasteiger partial charge in [-0.1, -0.05) is 37.3 Å². The number of carbonyl (C=O) groups is 1. The molecule has 244 valence electrons. The Hall–Kier alpha value is -3.97. The molecule has 1 aromatic heterocycles. The highest BCUT2D eigenvalue weighted by Gasteiger charge is 2.53. The molecule has 3 atom stereocenters. The van der Waals surface area contributed by atoms with Crippen molar-refractivity contribution in [2.75, 3.05) is 44.7 Å². The Balaban J connectivity index is 1.21. The Labute approximate surface area is 270 Å². The molecule has 0 radical (unpaired) electrons. The number of alkyl carbamates (subject to hydrolysis) is 1. The number of nitrogens with one attached hydrogen (secondary N) is 1. The van der Waals surface area contributed by atoms with Crippen LogP contribution >= 0.6 is 0 Å². The molecule has 3 unspecified atom stereocenters. The molecule has 2 aliphatic heterocycles. The van der Waals surface area contributed by atoms with Gasteiger partial charge in [-0.2, -0.15) is 5.26 Å². The highest BCUT2D eigenvalue weighted by atomic mass is 19.1. The summed E-state index contributed by atoms with van der Waals surface area (Å²) in [5, 5.41) is 11.7. The van der Waals surface area contributed by atoms with E-state index in [1.165, 1.54) is 5.56 Å². The van der Waals surface area contributed by atoms with E-state index >= 15 is 0 Å². The van der Waals surface area contributed by atoms with Crippen molar-refractivity contribution >= 4 is 11.8 Å². The molecule has 3 aliphatic rings. The number of hydrogen-bond acceptors (Lipinski definition) is 6. The Morgan fingerprint density at radius 3 is 2.48 bits per heavy atom. The number of imidazole rings is 1. The van der Waals surface area contributed by atoms with E-state index in [1.807, 2.05) is 12.3 Å². The van der Waals surface area contributed by atoms with Gasteiger partial charge in [0.15, 0.2) is 11.6 Å². The van der Waals surface area contributed by atoms with Crippen LogP contribution in [0.5, 0.6) is 0 Å². The lowest BCUT2D eigenvalue weighted by Crippen LogP contribution is -2.55. The molecule has 2 aromatic carbocycles. The number of ether oxygens (including phenoxy) is 1. The molecular weight excluding hydrogens is 586 g/mol. The van der Waals surface area contributed by atoms with Gasteiger partial charge in [0.2, 0.25) is 0 Å². The summed E-state index contributed by atoms with van der Waals surface area (Å²) in [5.41, 5.74) is 0.999. The number of amides is 1. The third kappa shape index (κ3) is 6.22. The van der Waals surface area contributed by atoms with Gasteiger partial charge in [-0.15, -0.1) is 0 Å². The summed E-state index contributed by atoms with van der Waals surface area (Å²) in [6, 6.07) is 14.9. The van der Waals surface area contributed by atoms with Gasteiger partial charge < -0.3 is 24.4 Å². The van der Waals surface area contributed by atoms with Crippen molar-refractivity contribution in [3.05, 3.63) is 83.4 Å². The molecule has 1 amide bonds. The standard InChI is InChI=1S/C36H44F2N6O2/c1-3-33-41-14-17-43(33)24-36(27-8-5-4-6-9-27,29-10-7-11-32(29)46-35(45)40-2)28-12-15-42(16-13-28)21-26-22-44(23-26)34-30(37)18-25(20-39)19-31(34)38/h4-6,8-9,14,17-19,26,28-29,32H,3,7,10-13,15-16,21-24H2,1-2H3,(H,40,45). The number of benzene rings is 2. The fraction of sp³-hybridized carbons (Fsp3) is 0.528. The van der Waals surface area contributed by atoms with Crippen LogP contribution in [0.3, 0.4) is 0 Å². The molecule has 8 nitrogen and oxygen atoms in total. The predicted octanol–water partition coefficient (Wildman–Crippen LogP) is 5.91. The number of anilines is 1. The molecule has 1 N–H and O–H groups in total. The van der Waals surface area contributed by atoms with Crippen molar-refractivity contribution in [2.24, 2.45) is 17.8 Å². The van der Waals surface area contributed by atoms with E-state index in [2.05, 4.69) is 63.2 Å². The number of aryl methyl sites for hydroxylation is 1. The average molecular weight is 631 g/mol. The van der Waals surface area contributed by atoms with Gasteiger partial charge in [-0.05, 0) is 68.8 Å². The highest BCUT2D eigenvalue weighted by Crippen LogP contribution is 2.52. The number of halogens is 2. The fourth-order valence-corrected chi connectivity index (χ4v) is 8.57. The summed E-state index contributed by atoms with van der Waals surface area (Å²) in [7, 11) is 1.62. The molecule has 3 heterocycles. The van der Waals surface area contributed by atoms with Crippen molar-refractivity contribution in [2.45, 2.75) is 63.5 Å². The first-order chi connectivity index (χ1) is 22.4. The second-order valence-electron chi connectivity index (χ2n) is 13.2.